The third-order valence-electron chi connectivity index (χ3n) is 2.19. The highest BCUT2D eigenvalue weighted by Crippen LogP contribution is 2.10. The van der Waals surface area contributed by atoms with Gasteiger partial charge in [0.15, 0.2) is 0 Å². The van der Waals surface area contributed by atoms with Gasteiger partial charge in [0.2, 0.25) is 11.9 Å². The number of thioether (sulfide) groups is 1. The van der Waals surface area contributed by atoms with E-state index in [9.17, 15) is 4.79 Å². The van der Waals surface area contributed by atoms with Crippen LogP contribution in [0.25, 0.3) is 0 Å². The fourth-order valence-corrected chi connectivity index (χ4v) is 2.44. The number of amides is 1. The molecule has 2 rings (SSSR count). The Kier molecular flexibility index (Phi) is 3.63. The van der Waals surface area contributed by atoms with E-state index in [1.165, 1.54) is 0 Å². The maximum absolute atomic E-state index is 11.6. The second-order valence-corrected chi connectivity index (χ2v) is 4.57. The lowest BCUT2D eigenvalue weighted by Crippen LogP contribution is -2.40. The molecule has 1 aliphatic rings. The third-order valence-corrected chi connectivity index (χ3v) is 3.32. The lowest BCUT2D eigenvalue weighted by atomic mass is 10.2. The first kappa shape index (κ1) is 10.5. The SMILES string of the molecule is O=C(CC1CSCCN1)Nc1ncc[nH]1. The van der Waals surface area contributed by atoms with E-state index < -0.39 is 0 Å². The summed E-state index contributed by atoms with van der Waals surface area (Å²) in [6, 6.07) is 0.290. The maximum Gasteiger partial charge on any atom is 0.228 e. The fraction of sp³-hybridized carbons (Fsp3) is 0.556. The van der Waals surface area contributed by atoms with Gasteiger partial charge in [0.25, 0.3) is 0 Å². The maximum atomic E-state index is 11.6. The van der Waals surface area contributed by atoms with E-state index in [0.29, 0.717) is 18.4 Å². The molecule has 2 heterocycles. The zero-order chi connectivity index (χ0) is 10.5. The van der Waals surface area contributed by atoms with Crippen LogP contribution in [0, 0.1) is 0 Å². The van der Waals surface area contributed by atoms with Crippen LogP contribution in [0.2, 0.25) is 0 Å². The molecule has 0 aliphatic carbocycles. The molecule has 1 aromatic heterocycles. The van der Waals surface area contributed by atoms with Gasteiger partial charge in [0.1, 0.15) is 0 Å². The number of hydrogen-bond acceptors (Lipinski definition) is 4. The van der Waals surface area contributed by atoms with Crippen molar-refractivity contribution in [1.29, 1.82) is 0 Å². The van der Waals surface area contributed by atoms with E-state index in [1.807, 2.05) is 11.8 Å². The number of carbonyl (C=O) groups excluding carboxylic acids is 1. The van der Waals surface area contributed by atoms with Crippen molar-refractivity contribution in [3.63, 3.8) is 0 Å². The number of nitrogens with zero attached hydrogens (tertiary/aromatic N) is 1. The lowest BCUT2D eigenvalue weighted by molar-refractivity contribution is -0.116. The van der Waals surface area contributed by atoms with Crippen LogP contribution in [0.15, 0.2) is 12.4 Å². The number of aromatic nitrogens is 2. The van der Waals surface area contributed by atoms with Gasteiger partial charge < -0.3 is 10.3 Å². The topological polar surface area (TPSA) is 69.8 Å². The lowest BCUT2D eigenvalue weighted by Gasteiger charge is -2.22. The second kappa shape index (κ2) is 5.18. The van der Waals surface area contributed by atoms with Crippen LogP contribution in [0.4, 0.5) is 5.95 Å². The Hall–Kier alpha value is -1.01. The van der Waals surface area contributed by atoms with Crippen molar-refractivity contribution in [1.82, 2.24) is 15.3 Å². The van der Waals surface area contributed by atoms with Gasteiger partial charge >= 0.3 is 0 Å². The van der Waals surface area contributed by atoms with Gasteiger partial charge in [-0.15, -0.1) is 0 Å². The average molecular weight is 226 g/mol. The van der Waals surface area contributed by atoms with E-state index in [0.717, 1.165) is 18.1 Å². The molecule has 0 saturated carbocycles. The summed E-state index contributed by atoms with van der Waals surface area (Å²) in [5.41, 5.74) is 0. The van der Waals surface area contributed by atoms with Crippen LogP contribution in [0.5, 0.6) is 0 Å². The fourth-order valence-electron chi connectivity index (χ4n) is 1.49. The summed E-state index contributed by atoms with van der Waals surface area (Å²) in [5, 5.41) is 6.03. The summed E-state index contributed by atoms with van der Waals surface area (Å²) in [6.07, 6.45) is 3.81. The Morgan fingerprint density at radius 1 is 1.73 bits per heavy atom. The minimum atomic E-state index is 0.00458. The number of carbonyl (C=O) groups is 1. The van der Waals surface area contributed by atoms with Crippen LogP contribution in [-0.2, 0) is 4.79 Å². The Labute approximate surface area is 92.4 Å². The summed E-state index contributed by atoms with van der Waals surface area (Å²) in [5.74, 6) is 2.66. The average Bonchev–Trinajstić information content (AvgIpc) is 2.71. The molecule has 1 amide bonds. The summed E-state index contributed by atoms with van der Waals surface area (Å²) >= 11 is 1.89. The van der Waals surface area contributed by atoms with Crippen molar-refractivity contribution in [2.45, 2.75) is 12.5 Å². The Bertz CT molecular complexity index is 308. The van der Waals surface area contributed by atoms with E-state index in [1.54, 1.807) is 12.4 Å². The summed E-state index contributed by atoms with van der Waals surface area (Å²) in [6.45, 7) is 0.989. The molecular formula is C9H14N4OS. The molecule has 1 aromatic rings. The summed E-state index contributed by atoms with van der Waals surface area (Å²) < 4.78 is 0. The molecule has 5 nitrogen and oxygen atoms in total. The van der Waals surface area contributed by atoms with Crippen molar-refractivity contribution in [3.05, 3.63) is 12.4 Å². The second-order valence-electron chi connectivity index (χ2n) is 3.42. The Morgan fingerprint density at radius 3 is 3.33 bits per heavy atom. The van der Waals surface area contributed by atoms with E-state index in [-0.39, 0.29) is 5.91 Å². The molecule has 3 N–H and O–H groups in total. The molecular weight excluding hydrogens is 212 g/mol. The summed E-state index contributed by atoms with van der Waals surface area (Å²) in [4.78, 5) is 18.3. The zero-order valence-electron chi connectivity index (χ0n) is 8.32. The smallest absolute Gasteiger partial charge is 0.228 e. The summed E-state index contributed by atoms with van der Waals surface area (Å²) in [7, 11) is 0. The van der Waals surface area contributed by atoms with Gasteiger partial charge in [-0.3, -0.25) is 10.1 Å². The molecule has 0 aromatic carbocycles. The molecule has 0 bridgehead atoms. The molecule has 1 aliphatic heterocycles. The highest BCUT2D eigenvalue weighted by atomic mass is 32.2. The van der Waals surface area contributed by atoms with Crippen molar-refractivity contribution in [3.8, 4) is 0 Å². The van der Waals surface area contributed by atoms with Gasteiger partial charge in [-0.1, -0.05) is 0 Å². The first-order valence-corrected chi connectivity index (χ1v) is 6.10. The first-order valence-electron chi connectivity index (χ1n) is 4.95. The highest BCUT2D eigenvalue weighted by Gasteiger charge is 2.16. The molecule has 15 heavy (non-hydrogen) atoms. The number of rotatable bonds is 3. The van der Waals surface area contributed by atoms with Crippen LogP contribution in [0.3, 0.4) is 0 Å². The number of aromatic amines is 1. The van der Waals surface area contributed by atoms with Crippen LogP contribution >= 0.6 is 11.8 Å². The van der Waals surface area contributed by atoms with Gasteiger partial charge in [-0.05, 0) is 0 Å². The molecule has 1 fully saturated rings. The monoisotopic (exact) mass is 226 g/mol. The molecule has 82 valence electrons. The first-order chi connectivity index (χ1) is 7.34. The van der Waals surface area contributed by atoms with Gasteiger partial charge in [-0.2, -0.15) is 11.8 Å². The minimum Gasteiger partial charge on any atom is -0.331 e. The van der Waals surface area contributed by atoms with Crippen molar-refractivity contribution in [2.24, 2.45) is 0 Å². The standard InChI is InChI=1S/C9H14N4OS/c14-8(13-9-11-1-2-12-9)5-7-6-15-4-3-10-7/h1-2,7,10H,3-6H2,(H2,11,12,13,14). The zero-order valence-corrected chi connectivity index (χ0v) is 9.14. The number of hydrogen-bond donors (Lipinski definition) is 3. The molecule has 1 atom stereocenters. The van der Waals surface area contributed by atoms with Crippen molar-refractivity contribution < 1.29 is 4.79 Å². The van der Waals surface area contributed by atoms with Gasteiger partial charge in [0, 0.05) is 42.9 Å². The minimum absolute atomic E-state index is 0.00458. The predicted molar refractivity (Wildman–Crippen MR) is 61.0 cm³/mol. The molecule has 6 heteroatoms. The Morgan fingerprint density at radius 2 is 2.67 bits per heavy atom. The number of anilines is 1. The van der Waals surface area contributed by atoms with Crippen LogP contribution < -0.4 is 10.6 Å². The number of H-pyrrole nitrogens is 1. The normalized spacial score (nSPS) is 21.2. The van der Waals surface area contributed by atoms with E-state index >= 15 is 0 Å². The predicted octanol–water partition coefficient (Wildman–Crippen LogP) is 0.443. The van der Waals surface area contributed by atoms with Crippen LogP contribution in [0.1, 0.15) is 6.42 Å². The molecule has 0 spiro atoms. The van der Waals surface area contributed by atoms with Crippen LogP contribution in [-0.4, -0.2) is 40.0 Å². The molecule has 1 unspecified atom stereocenters. The van der Waals surface area contributed by atoms with E-state index in [4.69, 9.17) is 0 Å². The van der Waals surface area contributed by atoms with Gasteiger partial charge in [-0.25, -0.2) is 4.98 Å². The van der Waals surface area contributed by atoms with E-state index in [2.05, 4.69) is 20.6 Å². The molecule has 0 radical (unpaired) electrons. The van der Waals surface area contributed by atoms with Gasteiger partial charge in [0.05, 0.1) is 0 Å². The number of nitrogens with one attached hydrogen (secondary N) is 3. The largest absolute Gasteiger partial charge is 0.331 e. The quantitative estimate of drug-likeness (QED) is 0.699. The van der Waals surface area contributed by atoms with Crippen molar-refractivity contribution >= 4 is 23.6 Å². The number of imidazole rings is 1. The van der Waals surface area contributed by atoms with Crippen molar-refractivity contribution in [2.75, 3.05) is 23.4 Å². The Balaban J connectivity index is 1.76. The molecule has 1 saturated heterocycles. The highest BCUT2D eigenvalue weighted by molar-refractivity contribution is 7.99. The third kappa shape index (κ3) is 3.24.